The normalized spacial score (nSPS) is 17.3. The van der Waals surface area contributed by atoms with Gasteiger partial charge < -0.3 is 24.6 Å². The van der Waals surface area contributed by atoms with Gasteiger partial charge in [-0.3, -0.25) is 9.59 Å². The molecule has 1 unspecified atom stereocenters. The van der Waals surface area contributed by atoms with E-state index < -0.39 is 17.5 Å². The van der Waals surface area contributed by atoms with Gasteiger partial charge in [-0.25, -0.2) is 0 Å². The summed E-state index contributed by atoms with van der Waals surface area (Å²) in [5.41, 5.74) is 2.00. The summed E-state index contributed by atoms with van der Waals surface area (Å²) in [6.45, 7) is 6.68. The third kappa shape index (κ3) is 4.08. The van der Waals surface area contributed by atoms with Crippen molar-refractivity contribution in [2.75, 3.05) is 14.2 Å². The molecule has 182 valence electrons. The summed E-state index contributed by atoms with van der Waals surface area (Å²) >= 11 is 0. The van der Waals surface area contributed by atoms with Crippen molar-refractivity contribution >= 4 is 11.9 Å². The number of carbonyl (C=O) groups is 2. The van der Waals surface area contributed by atoms with Gasteiger partial charge in [0.15, 0.2) is 11.5 Å². The zero-order chi connectivity index (χ0) is 24.7. The lowest BCUT2D eigenvalue weighted by molar-refractivity contribution is -0.165. The van der Waals surface area contributed by atoms with Crippen molar-refractivity contribution in [3.8, 4) is 28.4 Å². The predicted molar refractivity (Wildman–Crippen MR) is 129 cm³/mol. The van der Waals surface area contributed by atoms with Gasteiger partial charge in [-0.2, -0.15) is 0 Å². The lowest BCUT2D eigenvalue weighted by Gasteiger charge is -2.45. The van der Waals surface area contributed by atoms with Gasteiger partial charge in [0.1, 0.15) is 11.5 Å². The number of hydrogen-bond acceptors (Lipinski definition) is 5. The maximum absolute atomic E-state index is 12.5. The highest BCUT2D eigenvalue weighted by Crippen LogP contribution is 2.52. The average molecular weight is 468 g/mol. The van der Waals surface area contributed by atoms with Crippen LogP contribution in [0.1, 0.15) is 62.4 Å². The van der Waals surface area contributed by atoms with E-state index in [0.29, 0.717) is 48.6 Å². The molecule has 1 saturated carbocycles. The Balaban J connectivity index is 1.89. The molecular formula is C27H33NO6. The molecule has 7 nitrogen and oxygen atoms in total. The monoisotopic (exact) mass is 467 g/mol. The van der Waals surface area contributed by atoms with E-state index in [0.717, 1.165) is 23.1 Å². The van der Waals surface area contributed by atoms with E-state index >= 15 is 0 Å². The highest BCUT2D eigenvalue weighted by molar-refractivity contribution is 6.01. The van der Waals surface area contributed by atoms with Crippen LogP contribution in [0.2, 0.25) is 0 Å². The fraction of sp³-hybridized carbons (Fsp3) is 0.481. The van der Waals surface area contributed by atoms with E-state index in [1.54, 1.807) is 26.4 Å². The Kier molecular flexibility index (Phi) is 6.23. The maximum Gasteiger partial charge on any atom is 0.313 e. The molecule has 0 saturated heterocycles. The van der Waals surface area contributed by atoms with Crippen LogP contribution in [0.3, 0.4) is 0 Å². The Morgan fingerprint density at radius 1 is 1.06 bits per heavy atom. The van der Waals surface area contributed by atoms with Crippen molar-refractivity contribution in [2.45, 2.75) is 59.1 Å². The zero-order valence-electron chi connectivity index (χ0n) is 20.5. The molecule has 0 radical (unpaired) electrons. The first-order chi connectivity index (χ1) is 16.1. The Morgan fingerprint density at radius 2 is 1.76 bits per heavy atom. The summed E-state index contributed by atoms with van der Waals surface area (Å²) in [5.74, 6) is 0.414. The molecule has 2 aromatic carbocycles. The van der Waals surface area contributed by atoms with E-state index in [4.69, 9.17) is 14.2 Å². The van der Waals surface area contributed by atoms with E-state index in [-0.39, 0.29) is 11.3 Å². The molecule has 4 rings (SSSR count). The fourth-order valence-corrected chi connectivity index (χ4v) is 5.01. The molecular weight excluding hydrogens is 434 g/mol. The summed E-state index contributed by atoms with van der Waals surface area (Å²) in [4.78, 5) is 24.8. The highest BCUT2D eigenvalue weighted by Gasteiger charge is 2.53. The number of benzene rings is 2. The van der Waals surface area contributed by atoms with E-state index in [1.807, 2.05) is 18.2 Å². The van der Waals surface area contributed by atoms with Gasteiger partial charge in [0, 0.05) is 17.7 Å². The van der Waals surface area contributed by atoms with Crippen LogP contribution in [0.4, 0.5) is 0 Å². The van der Waals surface area contributed by atoms with Crippen LogP contribution >= 0.6 is 0 Å². The number of carboxylic acids is 1. The summed E-state index contributed by atoms with van der Waals surface area (Å²) in [6.07, 6.45) is 2.01. The van der Waals surface area contributed by atoms with E-state index in [9.17, 15) is 14.7 Å². The summed E-state index contributed by atoms with van der Waals surface area (Å²) < 4.78 is 18.0. The second-order valence-corrected chi connectivity index (χ2v) is 10.4. The Labute approximate surface area is 200 Å². The maximum atomic E-state index is 12.5. The number of nitrogens with one attached hydrogen (secondary N) is 1. The molecule has 1 aliphatic heterocycles. The van der Waals surface area contributed by atoms with Gasteiger partial charge in [0.25, 0.3) is 5.91 Å². The smallest absolute Gasteiger partial charge is 0.313 e. The largest absolute Gasteiger partial charge is 0.493 e. The van der Waals surface area contributed by atoms with Crippen LogP contribution < -0.4 is 19.5 Å². The van der Waals surface area contributed by atoms with E-state index in [2.05, 4.69) is 26.1 Å². The van der Waals surface area contributed by atoms with Crippen LogP contribution in [-0.2, 0) is 11.3 Å². The fourth-order valence-electron chi connectivity index (χ4n) is 5.01. The van der Waals surface area contributed by atoms with E-state index in [1.165, 1.54) is 0 Å². The van der Waals surface area contributed by atoms with Crippen LogP contribution in [0.5, 0.6) is 17.2 Å². The van der Waals surface area contributed by atoms with Gasteiger partial charge in [-0.05, 0) is 54.0 Å². The summed E-state index contributed by atoms with van der Waals surface area (Å²) in [7, 11) is 3.10. The minimum atomic E-state index is -0.950. The molecule has 1 amide bonds. The zero-order valence-corrected chi connectivity index (χ0v) is 20.5. The van der Waals surface area contributed by atoms with Crippen molar-refractivity contribution in [3.05, 3.63) is 41.5 Å². The molecule has 0 bridgehead atoms. The van der Waals surface area contributed by atoms with Crippen molar-refractivity contribution in [2.24, 2.45) is 10.8 Å². The number of ether oxygens (including phenoxy) is 3. The van der Waals surface area contributed by atoms with Crippen LogP contribution in [-0.4, -0.2) is 37.3 Å². The highest BCUT2D eigenvalue weighted by atomic mass is 16.5. The molecule has 0 spiro atoms. The molecule has 2 aliphatic rings. The van der Waals surface area contributed by atoms with Crippen molar-refractivity contribution in [3.63, 3.8) is 0 Å². The second kappa shape index (κ2) is 8.85. The summed E-state index contributed by atoms with van der Waals surface area (Å²) in [6, 6.07) is 9.29. The Bertz CT molecular complexity index is 1110. The predicted octanol–water partition coefficient (Wildman–Crippen LogP) is 5.05. The number of amides is 1. The van der Waals surface area contributed by atoms with Crippen molar-refractivity contribution in [1.29, 1.82) is 0 Å². The molecule has 0 aromatic heterocycles. The third-order valence-electron chi connectivity index (χ3n) is 6.98. The quantitative estimate of drug-likeness (QED) is 0.564. The lowest BCUT2D eigenvalue weighted by Crippen LogP contribution is -2.51. The number of carbonyl (C=O) groups excluding carboxylic acids is 1. The van der Waals surface area contributed by atoms with Crippen molar-refractivity contribution in [1.82, 2.24) is 5.32 Å². The Morgan fingerprint density at radius 3 is 2.32 bits per heavy atom. The number of aliphatic carboxylic acids is 1. The van der Waals surface area contributed by atoms with Gasteiger partial charge in [0.05, 0.1) is 14.2 Å². The number of hydrogen-bond donors (Lipinski definition) is 2. The lowest BCUT2D eigenvalue weighted by atomic mass is 9.62. The molecule has 2 aromatic rings. The number of carboxylic acid groups (broad SMARTS) is 1. The average Bonchev–Trinajstić information content (AvgIpc) is 3.12. The van der Waals surface area contributed by atoms with Gasteiger partial charge >= 0.3 is 5.97 Å². The molecule has 1 atom stereocenters. The molecule has 2 N–H and O–H groups in total. The van der Waals surface area contributed by atoms with Crippen LogP contribution in [0.25, 0.3) is 11.1 Å². The standard InChI is InChI=1S/C27H33NO6/c1-26(2,3)14-21(27(25(30)31)12-7-13-27)34-22-17(10-11-20(32-4)23(22)33-5)16-8-6-9-18-19(16)15-28-24(18)29/h6,8-11,21H,7,12-15H2,1-5H3,(H,28,29)(H,30,31). The van der Waals surface area contributed by atoms with Gasteiger partial charge in [0.2, 0.25) is 5.75 Å². The second-order valence-electron chi connectivity index (χ2n) is 10.4. The minimum Gasteiger partial charge on any atom is -0.493 e. The topological polar surface area (TPSA) is 94.1 Å². The first-order valence-electron chi connectivity index (χ1n) is 11.7. The Hall–Kier alpha value is -3.22. The molecule has 7 heteroatoms. The number of fused-ring (bicyclic) bond motifs is 1. The SMILES string of the molecule is COc1ccc(-c2cccc3c2CNC3=O)c(OC(CC(C)(C)C)C2(C(=O)O)CCC2)c1OC. The minimum absolute atomic E-state index is 0.107. The first kappa shape index (κ1) is 23.9. The van der Waals surface area contributed by atoms with Crippen LogP contribution in [0, 0.1) is 10.8 Å². The third-order valence-corrected chi connectivity index (χ3v) is 6.98. The number of methoxy groups -OCH3 is 2. The van der Waals surface area contributed by atoms with Crippen LogP contribution in [0.15, 0.2) is 30.3 Å². The molecule has 34 heavy (non-hydrogen) atoms. The van der Waals surface area contributed by atoms with Gasteiger partial charge in [-0.15, -0.1) is 0 Å². The van der Waals surface area contributed by atoms with Gasteiger partial charge in [-0.1, -0.05) is 39.3 Å². The number of rotatable bonds is 8. The van der Waals surface area contributed by atoms with Crippen molar-refractivity contribution < 1.29 is 28.9 Å². The first-order valence-corrected chi connectivity index (χ1v) is 11.7. The summed E-state index contributed by atoms with van der Waals surface area (Å²) in [5, 5.41) is 13.1. The molecule has 1 fully saturated rings. The molecule has 1 aliphatic carbocycles. The molecule has 1 heterocycles.